The van der Waals surface area contributed by atoms with E-state index in [9.17, 15) is 14.4 Å². The summed E-state index contributed by atoms with van der Waals surface area (Å²) in [4.78, 5) is 42.5. The number of piperidine rings is 1. The number of hydrogen-bond acceptors (Lipinski definition) is 5. The van der Waals surface area contributed by atoms with E-state index in [1.54, 1.807) is 0 Å². The topological polar surface area (TPSA) is 91.5 Å². The Bertz CT molecular complexity index is 761. The molecule has 2 heterocycles. The van der Waals surface area contributed by atoms with E-state index in [-0.39, 0.29) is 35.5 Å². The number of aromatic nitrogens is 1. The van der Waals surface area contributed by atoms with E-state index in [0.29, 0.717) is 37.5 Å². The van der Waals surface area contributed by atoms with Crippen molar-refractivity contribution in [2.24, 2.45) is 5.92 Å². The van der Waals surface area contributed by atoms with Crippen LogP contribution < -0.4 is 5.32 Å². The molecule has 1 aliphatic rings. The monoisotopic (exact) mass is 419 g/mol. The number of aromatic amines is 1. The molecule has 2 rings (SSSR count). The van der Waals surface area contributed by atoms with Crippen molar-refractivity contribution >= 4 is 17.5 Å². The molecule has 0 bridgehead atoms. The van der Waals surface area contributed by atoms with Gasteiger partial charge < -0.3 is 15.0 Å². The van der Waals surface area contributed by atoms with Gasteiger partial charge in [-0.3, -0.25) is 19.3 Å². The molecule has 7 nitrogen and oxygen atoms in total. The summed E-state index contributed by atoms with van der Waals surface area (Å²) in [5.41, 5.74) is 2.60. The third-order valence-corrected chi connectivity index (χ3v) is 5.93. The van der Waals surface area contributed by atoms with Crippen molar-refractivity contribution < 1.29 is 19.1 Å². The van der Waals surface area contributed by atoms with Crippen LogP contribution in [0.25, 0.3) is 0 Å². The molecule has 1 aliphatic heterocycles. The fraction of sp³-hybridized carbons (Fsp3) is 0.696. The highest BCUT2D eigenvalue weighted by Gasteiger charge is 2.31. The second kappa shape index (κ2) is 10.9. The molecular formula is C23H37N3O4. The molecule has 1 amide bonds. The quantitative estimate of drug-likeness (QED) is 0.449. The number of nitrogens with one attached hydrogen (secondary N) is 2. The van der Waals surface area contributed by atoms with Crippen LogP contribution in [0.15, 0.2) is 0 Å². The average molecular weight is 420 g/mol. The standard InChI is InChI=1S/C23H37N3O4/c1-14(2)30-13-7-10-24-23(29)19-8-11-26(12-9-19)17(5)22(28)21-15(3)20(18(6)27)16(4)25-21/h14,17,19,25H,7-13H2,1-6H3,(H,24,29). The van der Waals surface area contributed by atoms with E-state index in [2.05, 4.69) is 15.2 Å². The maximum atomic E-state index is 13.0. The molecule has 7 heteroatoms. The van der Waals surface area contributed by atoms with Gasteiger partial charge in [-0.2, -0.15) is 0 Å². The zero-order valence-corrected chi connectivity index (χ0v) is 19.3. The molecule has 2 N–H and O–H groups in total. The number of rotatable bonds is 10. The molecular weight excluding hydrogens is 382 g/mol. The molecule has 1 fully saturated rings. The minimum Gasteiger partial charge on any atom is -0.379 e. The number of amides is 1. The van der Waals surface area contributed by atoms with E-state index in [0.717, 1.165) is 30.5 Å². The Morgan fingerprint density at radius 3 is 2.33 bits per heavy atom. The summed E-state index contributed by atoms with van der Waals surface area (Å²) in [6, 6.07) is -0.293. The summed E-state index contributed by atoms with van der Waals surface area (Å²) in [6.07, 6.45) is 2.51. The van der Waals surface area contributed by atoms with E-state index in [1.807, 2.05) is 34.6 Å². The first-order valence-electron chi connectivity index (χ1n) is 11.0. The minimum absolute atomic E-state index is 0.00356. The van der Waals surface area contributed by atoms with E-state index in [1.165, 1.54) is 6.92 Å². The first-order valence-corrected chi connectivity index (χ1v) is 11.0. The molecule has 0 aliphatic carbocycles. The Labute approximate surface area is 179 Å². The van der Waals surface area contributed by atoms with Gasteiger partial charge >= 0.3 is 0 Å². The molecule has 1 saturated heterocycles. The lowest BCUT2D eigenvalue weighted by Crippen LogP contribution is -2.47. The molecule has 0 saturated carbocycles. The van der Waals surface area contributed by atoms with Crippen LogP contribution in [0.1, 0.15) is 79.1 Å². The highest BCUT2D eigenvalue weighted by atomic mass is 16.5. The normalized spacial score (nSPS) is 16.6. The number of likely N-dealkylation sites (tertiary alicyclic amines) is 1. The smallest absolute Gasteiger partial charge is 0.223 e. The van der Waals surface area contributed by atoms with Crippen LogP contribution in [0.2, 0.25) is 0 Å². The SMILES string of the molecule is CC(=O)c1c(C)[nH]c(C(=O)C(C)N2CCC(C(=O)NCCCOC(C)C)CC2)c1C. The Morgan fingerprint density at radius 2 is 1.80 bits per heavy atom. The van der Waals surface area contributed by atoms with Crippen LogP contribution in [0.3, 0.4) is 0 Å². The Hall–Kier alpha value is -1.99. The van der Waals surface area contributed by atoms with Crippen molar-refractivity contribution in [1.29, 1.82) is 0 Å². The van der Waals surface area contributed by atoms with Gasteiger partial charge in [0, 0.05) is 30.3 Å². The van der Waals surface area contributed by atoms with Gasteiger partial charge in [-0.1, -0.05) is 0 Å². The van der Waals surface area contributed by atoms with Gasteiger partial charge in [0.25, 0.3) is 0 Å². The second-order valence-electron chi connectivity index (χ2n) is 8.60. The van der Waals surface area contributed by atoms with Crippen molar-refractivity contribution in [3.8, 4) is 0 Å². The summed E-state index contributed by atoms with van der Waals surface area (Å²) in [5, 5.41) is 3.00. The number of nitrogens with zero attached hydrogens (tertiary/aromatic N) is 1. The summed E-state index contributed by atoms with van der Waals surface area (Å²) in [7, 11) is 0. The summed E-state index contributed by atoms with van der Waals surface area (Å²) < 4.78 is 5.49. The number of ketones is 2. The maximum absolute atomic E-state index is 13.0. The van der Waals surface area contributed by atoms with Crippen molar-refractivity contribution in [3.63, 3.8) is 0 Å². The summed E-state index contributed by atoms with van der Waals surface area (Å²) in [6.45, 7) is 13.8. The van der Waals surface area contributed by atoms with E-state index >= 15 is 0 Å². The molecule has 0 radical (unpaired) electrons. The van der Waals surface area contributed by atoms with Gasteiger partial charge in [-0.15, -0.1) is 0 Å². The van der Waals surface area contributed by atoms with Crippen LogP contribution in [0.4, 0.5) is 0 Å². The number of carbonyl (C=O) groups is 3. The predicted octanol–water partition coefficient (Wildman–Crippen LogP) is 3.05. The van der Waals surface area contributed by atoms with Crippen molar-refractivity contribution in [2.75, 3.05) is 26.2 Å². The van der Waals surface area contributed by atoms with Crippen molar-refractivity contribution in [1.82, 2.24) is 15.2 Å². The van der Waals surface area contributed by atoms with Gasteiger partial charge in [0.2, 0.25) is 5.91 Å². The highest BCUT2D eigenvalue weighted by Crippen LogP contribution is 2.24. The van der Waals surface area contributed by atoms with E-state index < -0.39 is 0 Å². The van der Waals surface area contributed by atoms with Gasteiger partial charge in [-0.05, 0) is 79.5 Å². The highest BCUT2D eigenvalue weighted by molar-refractivity contribution is 6.05. The lowest BCUT2D eigenvalue weighted by Gasteiger charge is -2.34. The Balaban J connectivity index is 1.84. The number of Topliss-reactive ketones (excluding diaryl/α,β-unsaturated/α-hetero) is 2. The lowest BCUT2D eigenvalue weighted by molar-refractivity contribution is -0.126. The molecule has 1 atom stereocenters. The van der Waals surface area contributed by atoms with Gasteiger partial charge in [-0.25, -0.2) is 0 Å². The van der Waals surface area contributed by atoms with Crippen LogP contribution in [0.5, 0.6) is 0 Å². The van der Waals surface area contributed by atoms with Crippen LogP contribution in [0, 0.1) is 19.8 Å². The number of H-pyrrole nitrogens is 1. The largest absolute Gasteiger partial charge is 0.379 e. The fourth-order valence-corrected chi connectivity index (χ4v) is 4.20. The third kappa shape index (κ3) is 6.01. The zero-order chi connectivity index (χ0) is 22.4. The van der Waals surface area contributed by atoms with Crippen LogP contribution in [-0.2, 0) is 9.53 Å². The second-order valence-corrected chi connectivity index (χ2v) is 8.60. The molecule has 1 unspecified atom stereocenters. The van der Waals surface area contributed by atoms with Crippen LogP contribution >= 0.6 is 0 Å². The van der Waals surface area contributed by atoms with E-state index in [4.69, 9.17) is 4.74 Å². The predicted molar refractivity (Wildman–Crippen MR) is 117 cm³/mol. The number of hydrogen-bond donors (Lipinski definition) is 2. The van der Waals surface area contributed by atoms with Gasteiger partial charge in [0.15, 0.2) is 11.6 Å². The zero-order valence-electron chi connectivity index (χ0n) is 19.3. The van der Waals surface area contributed by atoms with Crippen LogP contribution in [-0.4, -0.2) is 65.7 Å². The van der Waals surface area contributed by atoms with Crippen molar-refractivity contribution in [2.45, 2.75) is 73.0 Å². The van der Waals surface area contributed by atoms with Crippen molar-refractivity contribution in [3.05, 3.63) is 22.5 Å². The molecule has 168 valence electrons. The molecule has 30 heavy (non-hydrogen) atoms. The molecule has 1 aromatic heterocycles. The first kappa shape index (κ1) is 24.3. The average Bonchev–Trinajstić information content (AvgIpc) is 3.00. The Kier molecular flexibility index (Phi) is 8.79. The molecule has 0 aromatic carbocycles. The molecule has 0 spiro atoms. The molecule has 1 aromatic rings. The first-order chi connectivity index (χ1) is 14.1. The Morgan fingerprint density at radius 1 is 1.17 bits per heavy atom. The summed E-state index contributed by atoms with van der Waals surface area (Å²) >= 11 is 0. The van der Waals surface area contributed by atoms with Gasteiger partial charge in [0.05, 0.1) is 17.8 Å². The minimum atomic E-state index is -0.293. The van der Waals surface area contributed by atoms with Gasteiger partial charge in [0.1, 0.15) is 0 Å². The third-order valence-electron chi connectivity index (χ3n) is 5.93. The number of aryl methyl sites for hydroxylation is 1. The number of carbonyl (C=O) groups excluding carboxylic acids is 3. The summed E-state index contributed by atoms with van der Waals surface area (Å²) in [5.74, 6) is 0.0557. The number of ether oxygens (including phenoxy) is 1. The maximum Gasteiger partial charge on any atom is 0.223 e. The fourth-order valence-electron chi connectivity index (χ4n) is 4.20. The lowest BCUT2D eigenvalue weighted by atomic mass is 9.93.